The monoisotopic (exact) mass is 384 g/mol. The number of nitrogens with zero attached hydrogens (tertiary/aromatic N) is 2. The number of aliphatic hydroxyl groups excluding tert-OH is 1. The molecule has 3 aromatic rings. The highest BCUT2D eigenvalue weighted by Gasteiger charge is 2.24. The fourth-order valence-electron chi connectivity index (χ4n) is 3.24. The van der Waals surface area contributed by atoms with Gasteiger partial charge in [0.15, 0.2) is 6.35 Å². The second-order valence-electron chi connectivity index (χ2n) is 6.47. The van der Waals surface area contributed by atoms with Gasteiger partial charge in [0.2, 0.25) is 0 Å². The van der Waals surface area contributed by atoms with Crippen molar-refractivity contribution in [3.8, 4) is 22.6 Å². The minimum Gasteiger partial charge on any atom is -0.497 e. The molecule has 0 aliphatic carbocycles. The second-order valence-corrected chi connectivity index (χ2v) is 6.47. The Bertz CT molecular complexity index is 949. The predicted octanol–water partition coefficient (Wildman–Crippen LogP) is 2.49. The molecule has 0 saturated heterocycles. The number of anilines is 1. The van der Waals surface area contributed by atoms with Crippen molar-refractivity contribution in [2.45, 2.75) is 12.9 Å². The Morgan fingerprint density at radius 1 is 1.32 bits per heavy atom. The van der Waals surface area contributed by atoms with Crippen molar-refractivity contribution < 1.29 is 19.0 Å². The topological polar surface area (TPSA) is 82.6 Å². The number of aromatic nitrogens is 2. The van der Waals surface area contributed by atoms with E-state index in [1.165, 1.54) is 19.2 Å². The Hall–Kier alpha value is -3.10. The summed E-state index contributed by atoms with van der Waals surface area (Å²) in [6, 6.07) is 10.2. The summed E-state index contributed by atoms with van der Waals surface area (Å²) in [5, 5.41) is 20.4. The number of hydrogen-bond acceptors (Lipinski definition) is 6. The van der Waals surface area contributed by atoms with Gasteiger partial charge in [-0.2, -0.15) is 5.10 Å². The molecule has 0 saturated carbocycles. The van der Waals surface area contributed by atoms with E-state index in [0.29, 0.717) is 30.2 Å². The molecule has 2 heterocycles. The number of fused-ring (bicyclic) bond motifs is 1. The third kappa shape index (κ3) is 3.78. The van der Waals surface area contributed by atoms with Crippen molar-refractivity contribution in [1.29, 1.82) is 0 Å². The maximum absolute atomic E-state index is 13.6. The SMILES string of the molecule is COc1cc(F)cc(CNC(O)N2CCOc3cc(-c4cn[nH]c4)ccc32)c1. The van der Waals surface area contributed by atoms with Crippen molar-refractivity contribution >= 4 is 5.69 Å². The number of ether oxygens (including phenoxy) is 2. The molecule has 1 atom stereocenters. The average Bonchev–Trinajstić information content (AvgIpc) is 3.25. The highest BCUT2D eigenvalue weighted by atomic mass is 19.1. The number of benzene rings is 2. The van der Waals surface area contributed by atoms with E-state index < -0.39 is 6.35 Å². The summed E-state index contributed by atoms with van der Waals surface area (Å²) >= 11 is 0. The van der Waals surface area contributed by atoms with Crippen LogP contribution in [0.1, 0.15) is 5.56 Å². The third-order valence-electron chi connectivity index (χ3n) is 4.64. The summed E-state index contributed by atoms with van der Waals surface area (Å²) in [5.41, 5.74) is 3.40. The van der Waals surface area contributed by atoms with Gasteiger partial charge in [0.1, 0.15) is 23.9 Å². The van der Waals surface area contributed by atoms with Crippen LogP contribution >= 0.6 is 0 Å². The van der Waals surface area contributed by atoms with E-state index >= 15 is 0 Å². The normalized spacial score (nSPS) is 14.3. The minimum atomic E-state index is -0.948. The first-order chi connectivity index (χ1) is 13.6. The van der Waals surface area contributed by atoms with E-state index in [4.69, 9.17) is 9.47 Å². The van der Waals surface area contributed by atoms with E-state index in [9.17, 15) is 9.50 Å². The Kier molecular flexibility index (Phi) is 5.14. The lowest BCUT2D eigenvalue weighted by molar-refractivity contribution is 0.119. The number of aromatic amines is 1. The molecular weight excluding hydrogens is 363 g/mol. The van der Waals surface area contributed by atoms with Gasteiger partial charge in [-0.1, -0.05) is 6.07 Å². The van der Waals surface area contributed by atoms with Gasteiger partial charge in [-0.25, -0.2) is 4.39 Å². The quantitative estimate of drug-likeness (QED) is 0.567. The lowest BCUT2D eigenvalue weighted by atomic mass is 10.1. The number of aliphatic hydroxyl groups is 1. The number of nitrogens with one attached hydrogen (secondary N) is 2. The number of H-pyrrole nitrogens is 1. The van der Waals surface area contributed by atoms with Crippen molar-refractivity contribution in [2.75, 3.05) is 25.2 Å². The molecule has 0 amide bonds. The molecule has 1 unspecified atom stereocenters. The maximum Gasteiger partial charge on any atom is 0.184 e. The third-order valence-corrected chi connectivity index (χ3v) is 4.64. The zero-order valence-corrected chi connectivity index (χ0v) is 15.4. The fraction of sp³-hybridized carbons (Fsp3) is 0.250. The lowest BCUT2D eigenvalue weighted by Crippen LogP contribution is -2.49. The van der Waals surface area contributed by atoms with Gasteiger partial charge in [0.25, 0.3) is 0 Å². The number of rotatable bonds is 6. The molecule has 28 heavy (non-hydrogen) atoms. The minimum absolute atomic E-state index is 0.287. The van der Waals surface area contributed by atoms with Crippen LogP contribution < -0.4 is 19.7 Å². The van der Waals surface area contributed by atoms with Crippen LogP contribution in [0.4, 0.5) is 10.1 Å². The maximum atomic E-state index is 13.6. The van der Waals surface area contributed by atoms with Crippen molar-refractivity contribution in [1.82, 2.24) is 15.5 Å². The largest absolute Gasteiger partial charge is 0.497 e. The molecule has 8 heteroatoms. The van der Waals surface area contributed by atoms with E-state index in [0.717, 1.165) is 16.8 Å². The highest BCUT2D eigenvalue weighted by Crippen LogP contribution is 2.36. The van der Waals surface area contributed by atoms with Gasteiger partial charge >= 0.3 is 0 Å². The van der Waals surface area contributed by atoms with Crippen molar-refractivity contribution in [2.24, 2.45) is 0 Å². The molecule has 146 valence electrons. The second kappa shape index (κ2) is 7.87. The first-order valence-electron chi connectivity index (χ1n) is 8.91. The number of hydrogen-bond donors (Lipinski definition) is 3. The lowest BCUT2D eigenvalue weighted by Gasteiger charge is -2.35. The zero-order chi connectivity index (χ0) is 19.5. The van der Waals surface area contributed by atoms with Crippen LogP contribution in [0.15, 0.2) is 48.8 Å². The van der Waals surface area contributed by atoms with Crippen LogP contribution in [-0.4, -0.2) is 41.9 Å². The van der Waals surface area contributed by atoms with Gasteiger partial charge in [0, 0.05) is 24.4 Å². The van der Waals surface area contributed by atoms with Gasteiger partial charge in [-0.05, 0) is 35.4 Å². The smallest absolute Gasteiger partial charge is 0.184 e. The summed E-state index contributed by atoms with van der Waals surface area (Å²) in [7, 11) is 1.49. The van der Waals surface area contributed by atoms with Crippen LogP contribution in [-0.2, 0) is 6.54 Å². The highest BCUT2D eigenvalue weighted by molar-refractivity contribution is 5.71. The molecule has 7 nitrogen and oxygen atoms in total. The molecule has 0 spiro atoms. The molecule has 1 aromatic heterocycles. The number of halogens is 1. The van der Waals surface area contributed by atoms with E-state index in [2.05, 4.69) is 15.5 Å². The van der Waals surface area contributed by atoms with Gasteiger partial charge in [-0.3, -0.25) is 10.4 Å². The summed E-state index contributed by atoms with van der Waals surface area (Å²) in [6.07, 6.45) is 2.61. The summed E-state index contributed by atoms with van der Waals surface area (Å²) in [4.78, 5) is 1.81. The molecular formula is C20H21FN4O3. The van der Waals surface area contributed by atoms with Crippen LogP contribution in [0.2, 0.25) is 0 Å². The first kappa shape index (κ1) is 18.3. The Morgan fingerprint density at radius 2 is 2.21 bits per heavy atom. The first-order valence-corrected chi connectivity index (χ1v) is 8.91. The Morgan fingerprint density at radius 3 is 3.00 bits per heavy atom. The molecule has 0 fully saturated rings. The average molecular weight is 384 g/mol. The fourth-order valence-corrected chi connectivity index (χ4v) is 3.24. The molecule has 1 aliphatic heterocycles. The molecule has 4 rings (SSSR count). The standard InChI is InChI=1S/C20H21FN4O3/c1-27-17-7-13(6-16(21)9-17)10-22-20(26)25-4-5-28-19-8-14(2-3-18(19)25)15-11-23-24-12-15/h2-3,6-9,11-12,20,22,26H,4-5,10H2,1H3,(H,23,24). The molecule has 0 bridgehead atoms. The van der Waals surface area contributed by atoms with Crippen LogP contribution in [0.5, 0.6) is 11.5 Å². The van der Waals surface area contributed by atoms with Gasteiger partial charge in [-0.15, -0.1) is 0 Å². The summed E-state index contributed by atoms with van der Waals surface area (Å²) < 4.78 is 24.5. The Labute approximate surface area is 161 Å². The molecule has 0 radical (unpaired) electrons. The van der Waals surface area contributed by atoms with E-state index in [-0.39, 0.29) is 12.4 Å². The zero-order valence-electron chi connectivity index (χ0n) is 15.4. The van der Waals surface area contributed by atoms with Crippen molar-refractivity contribution in [3.63, 3.8) is 0 Å². The van der Waals surface area contributed by atoms with Crippen LogP contribution in [0, 0.1) is 5.82 Å². The van der Waals surface area contributed by atoms with Crippen molar-refractivity contribution in [3.05, 3.63) is 60.2 Å². The number of methoxy groups -OCH3 is 1. The molecule has 2 aromatic carbocycles. The van der Waals surface area contributed by atoms with E-state index in [1.807, 2.05) is 29.3 Å². The summed E-state index contributed by atoms with van der Waals surface area (Å²) in [5.74, 6) is 0.752. The predicted molar refractivity (Wildman–Crippen MR) is 103 cm³/mol. The van der Waals surface area contributed by atoms with Crippen LogP contribution in [0.3, 0.4) is 0 Å². The van der Waals surface area contributed by atoms with Crippen LogP contribution in [0.25, 0.3) is 11.1 Å². The van der Waals surface area contributed by atoms with Gasteiger partial charge < -0.3 is 19.5 Å². The molecule has 3 N–H and O–H groups in total. The Balaban J connectivity index is 1.49. The van der Waals surface area contributed by atoms with Gasteiger partial charge in [0.05, 0.1) is 25.5 Å². The summed E-state index contributed by atoms with van der Waals surface area (Å²) in [6.45, 7) is 1.27. The molecule has 1 aliphatic rings. The van der Waals surface area contributed by atoms with E-state index in [1.54, 1.807) is 12.3 Å².